The largest absolute Gasteiger partial charge is 0.491 e. The molecule has 9 heteroatoms. The third-order valence-electron chi connectivity index (χ3n) is 7.77. The van der Waals surface area contributed by atoms with Crippen LogP contribution in [0.2, 0.25) is 0 Å². The number of carboxylic acid groups (broad SMARTS) is 1. The number of hydrogen-bond acceptors (Lipinski definition) is 6. The molecule has 7 rings (SSSR count). The number of rotatable bonds is 4. The maximum atomic E-state index is 14.1. The van der Waals surface area contributed by atoms with E-state index in [9.17, 15) is 14.7 Å². The molecule has 3 aromatic carbocycles. The van der Waals surface area contributed by atoms with Crippen molar-refractivity contribution in [1.29, 1.82) is 0 Å². The fourth-order valence-electron chi connectivity index (χ4n) is 5.90. The molecular formula is C28H25N3O6. The zero-order chi connectivity index (χ0) is 25.1. The molecule has 3 aromatic rings. The van der Waals surface area contributed by atoms with Crippen molar-refractivity contribution in [2.75, 3.05) is 36.7 Å². The van der Waals surface area contributed by atoms with Gasteiger partial charge < -0.3 is 34.4 Å². The standard InChI is InChI=1S/C28H25N3O6/c32-26-28(15-35-23-12-25-24(11-21(23)28)36-16-37-25)20-3-1-2-4-22(20)31(26)13-17-5-7-18(8-6-17)29-19-9-10-30(14-19)27(33)34/h1-8,11-12,19,29H,9-10,13-16H2,(H,33,34)/t19-,28?/m1/s1. The number of nitrogens with one attached hydrogen (secondary N) is 1. The van der Waals surface area contributed by atoms with Gasteiger partial charge in [-0.3, -0.25) is 4.79 Å². The quantitative estimate of drug-likeness (QED) is 0.563. The van der Waals surface area contributed by atoms with Crippen LogP contribution in [0.1, 0.15) is 23.1 Å². The van der Waals surface area contributed by atoms with Gasteiger partial charge in [-0.1, -0.05) is 30.3 Å². The summed E-state index contributed by atoms with van der Waals surface area (Å²) in [4.78, 5) is 28.6. The van der Waals surface area contributed by atoms with E-state index >= 15 is 0 Å². The Morgan fingerprint density at radius 2 is 1.78 bits per heavy atom. The first-order chi connectivity index (χ1) is 18.0. The summed E-state index contributed by atoms with van der Waals surface area (Å²) in [6, 6.07) is 19.7. The lowest BCUT2D eigenvalue weighted by Gasteiger charge is -2.23. The Hall–Kier alpha value is -4.40. The fraction of sp³-hybridized carbons (Fsp3) is 0.286. The van der Waals surface area contributed by atoms with Crippen molar-refractivity contribution in [3.63, 3.8) is 0 Å². The Morgan fingerprint density at radius 3 is 2.57 bits per heavy atom. The minimum atomic E-state index is -0.924. The van der Waals surface area contributed by atoms with E-state index in [1.54, 1.807) is 0 Å². The van der Waals surface area contributed by atoms with E-state index in [4.69, 9.17) is 14.2 Å². The number of fused-ring (bicyclic) bond motifs is 5. The lowest BCUT2D eigenvalue weighted by Crippen LogP contribution is -2.42. The maximum Gasteiger partial charge on any atom is 0.407 e. The molecule has 1 saturated heterocycles. The van der Waals surface area contributed by atoms with Gasteiger partial charge in [-0.05, 0) is 41.8 Å². The second-order valence-electron chi connectivity index (χ2n) is 9.86. The first-order valence-corrected chi connectivity index (χ1v) is 12.3. The van der Waals surface area contributed by atoms with Gasteiger partial charge in [0.2, 0.25) is 12.7 Å². The second kappa shape index (κ2) is 8.06. The van der Waals surface area contributed by atoms with Crippen LogP contribution in [0, 0.1) is 0 Å². The molecule has 0 saturated carbocycles. The SMILES string of the molecule is O=C(O)N1CC[C@@H](Nc2ccc(CN3C(=O)C4(COc5cc6c(cc54)OCO6)c4ccccc43)cc2)C1. The van der Waals surface area contributed by atoms with Crippen LogP contribution >= 0.6 is 0 Å². The molecule has 1 fully saturated rings. The summed E-state index contributed by atoms with van der Waals surface area (Å²) in [5, 5.41) is 12.6. The van der Waals surface area contributed by atoms with Crippen LogP contribution in [-0.4, -0.2) is 54.5 Å². The lowest BCUT2D eigenvalue weighted by molar-refractivity contribution is -0.122. The second-order valence-corrected chi connectivity index (χ2v) is 9.86. The van der Waals surface area contributed by atoms with Crippen molar-refractivity contribution < 1.29 is 28.9 Å². The molecule has 2 atom stereocenters. The van der Waals surface area contributed by atoms with Crippen molar-refractivity contribution >= 4 is 23.4 Å². The third-order valence-corrected chi connectivity index (χ3v) is 7.77. The van der Waals surface area contributed by atoms with E-state index in [2.05, 4.69) is 5.32 Å². The zero-order valence-corrected chi connectivity index (χ0v) is 20.0. The number of carbonyl (C=O) groups excluding carboxylic acids is 1. The number of amides is 2. The fourth-order valence-corrected chi connectivity index (χ4v) is 5.90. The topological polar surface area (TPSA) is 101 Å². The van der Waals surface area contributed by atoms with Crippen molar-refractivity contribution in [1.82, 2.24) is 4.90 Å². The van der Waals surface area contributed by atoms with Gasteiger partial charge in [-0.15, -0.1) is 0 Å². The Bertz CT molecular complexity index is 1420. The lowest BCUT2D eigenvalue weighted by atomic mass is 9.77. The molecule has 2 N–H and O–H groups in total. The van der Waals surface area contributed by atoms with Gasteiger partial charge in [0.1, 0.15) is 17.8 Å². The molecule has 4 heterocycles. The van der Waals surface area contributed by atoms with Gasteiger partial charge in [-0.25, -0.2) is 4.79 Å². The molecule has 37 heavy (non-hydrogen) atoms. The van der Waals surface area contributed by atoms with Gasteiger partial charge in [0.05, 0.1) is 6.54 Å². The number of para-hydroxylation sites is 1. The highest BCUT2D eigenvalue weighted by Crippen LogP contribution is 2.55. The summed E-state index contributed by atoms with van der Waals surface area (Å²) in [6.07, 6.45) is -0.104. The van der Waals surface area contributed by atoms with Crippen molar-refractivity contribution in [2.24, 2.45) is 0 Å². The zero-order valence-electron chi connectivity index (χ0n) is 20.0. The highest BCUT2D eigenvalue weighted by Gasteiger charge is 2.57. The van der Waals surface area contributed by atoms with E-state index in [1.807, 2.05) is 65.6 Å². The molecule has 188 valence electrons. The number of benzene rings is 3. The number of likely N-dealkylation sites (tertiary alicyclic amines) is 1. The van der Waals surface area contributed by atoms with E-state index in [0.29, 0.717) is 36.9 Å². The predicted octanol–water partition coefficient (Wildman–Crippen LogP) is 3.80. The van der Waals surface area contributed by atoms with E-state index in [1.165, 1.54) is 4.90 Å². The number of ether oxygens (including phenoxy) is 3. The first kappa shape index (κ1) is 21.8. The van der Waals surface area contributed by atoms with Gasteiger partial charge >= 0.3 is 6.09 Å². The molecule has 4 aliphatic heterocycles. The van der Waals surface area contributed by atoms with Gasteiger partial charge in [0, 0.05) is 42.1 Å². The normalized spacial score (nSPS) is 22.8. The number of hydrogen-bond donors (Lipinski definition) is 2. The smallest absolute Gasteiger partial charge is 0.407 e. The average Bonchev–Trinajstić information content (AvgIpc) is 3.68. The summed E-state index contributed by atoms with van der Waals surface area (Å²) < 4.78 is 17.2. The van der Waals surface area contributed by atoms with Crippen LogP contribution in [0.15, 0.2) is 60.7 Å². The van der Waals surface area contributed by atoms with Crippen LogP contribution in [0.3, 0.4) is 0 Å². The Kier molecular flexibility index (Phi) is 4.76. The van der Waals surface area contributed by atoms with Crippen LogP contribution in [0.4, 0.5) is 16.2 Å². The predicted molar refractivity (Wildman–Crippen MR) is 135 cm³/mol. The van der Waals surface area contributed by atoms with Crippen LogP contribution in [-0.2, 0) is 16.8 Å². The summed E-state index contributed by atoms with van der Waals surface area (Å²) >= 11 is 0. The molecule has 1 spiro atoms. The van der Waals surface area contributed by atoms with Gasteiger partial charge in [0.25, 0.3) is 0 Å². The summed E-state index contributed by atoms with van der Waals surface area (Å²) in [6.45, 7) is 1.83. The van der Waals surface area contributed by atoms with Crippen LogP contribution in [0.25, 0.3) is 0 Å². The molecule has 9 nitrogen and oxygen atoms in total. The highest BCUT2D eigenvalue weighted by molar-refractivity contribution is 6.11. The molecule has 0 aliphatic carbocycles. The Morgan fingerprint density at radius 1 is 1.00 bits per heavy atom. The molecule has 0 bridgehead atoms. The highest BCUT2D eigenvalue weighted by atomic mass is 16.7. The molecule has 4 aliphatic rings. The van der Waals surface area contributed by atoms with E-state index < -0.39 is 11.5 Å². The first-order valence-electron chi connectivity index (χ1n) is 12.3. The monoisotopic (exact) mass is 499 g/mol. The molecule has 1 unspecified atom stereocenters. The van der Waals surface area contributed by atoms with Crippen molar-refractivity contribution in [3.8, 4) is 17.2 Å². The minimum absolute atomic E-state index is 0.0202. The van der Waals surface area contributed by atoms with Crippen molar-refractivity contribution in [2.45, 2.75) is 24.4 Å². The van der Waals surface area contributed by atoms with Gasteiger partial charge in [-0.2, -0.15) is 0 Å². The number of nitrogens with zero attached hydrogens (tertiary/aromatic N) is 2. The summed E-state index contributed by atoms with van der Waals surface area (Å²) in [5.74, 6) is 1.89. The van der Waals surface area contributed by atoms with Crippen molar-refractivity contribution in [3.05, 3.63) is 77.4 Å². The molecule has 0 radical (unpaired) electrons. The van der Waals surface area contributed by atoms with Gasteiger partial charge in [0.15, 0.2) is 11.5 Å². The Balaban J connectivity index is 1.15. The molecular weight excluding hydrogens is 474 g/mol. The number of carbonyl (C=O) groups is 2. The van der Waals surface area contributed by atoms with E-state index in [-0.39, 0.29) is 25.3 Å². The third kappa shape index (κ3) is 3.30. The Labute approximate surface area is 213 Å². The molecule has 2 amide bonds. The summed E-state index contributed by atoms with van der Waals surface area (Å²) in [7, 11) is 0. The molecule has 0 aromatic heterocycles. The maximum absolute atomic E-state index is 14.1. The van der Waals surface area contributed by atoms with Crippen LogP contribution in [0.5, 0.6) is 17.2 Å². The summed E-state index contributed by atoms with van der Waals surface area (Å²) in [5.41, 5.74) is 3.62. The van der Waals surface area contributed by atoms with E-state index in [0.717, 1.165) is 34.5 Å². The van der Waals surface area contributed by atoms with Crippen LogP contribution < -0.4 is 24.4 Å². The average molecular weight is 500 g/mol. The minimum Gasteiger partial charge on any atom is -0.491 e. The number of anilines is 2.